The zero-order valence-corrected chi connectivity index (χ0v) is 12.6. The third-order valence-corrected chi connectivity index (χ3v) is 4.69. The number of aryl methyl sites for hydroxylation is 2. The van der Waals surface area contributed by atoms with Crippen molar-refractivity contribution in [1.82, 2.24) is 5.32 Å². The monoisotopic (exact) mass is 298 g/mol. The second-order valence-corrected chi connectivity index (χ2v) is 6.00. The van der Waals surface area contributed by atoms with E-state index in [1.165, 1.54) is 18.3 Å². The van der Waals surface area contributed by atoms with Gasteiger partial charge in [-0.05, 0) is 43.4 Å². The van der Waals surface area contributed by atoms with E-state index < -0.39 is 11.5 Å². The highest BCUT2D eigenvalue weighted by Gasteiger charge is 2.27. The Balaban J connectivity index is 2.02. The molecule has 0 atom stereocenters. The molecule has 1 amide bonds. The molecule has 0 bridgehead atoms. The largest absolute Gasteiger partial charge is 0.422 e. The lowest BCUT2D eigenvalue weighted by atomic mass is 9.90. The number of nitrogens with one attached hydrogen (secondary N) is 1. The third kappa shape index (κ3) is 1.85. The molecule has 0 saturated heterocycles. The Morgan fingerprint density at radius 3 is 2.77 bits per heavy atom. The number of carbonyl (C=O) groups excluding carboxylic acids is 1. The summed E-state index contributed by atoms with van der Waals surface area (Å²) >= 11 is 0. The lowest BCUT2D eigenvalue weighted by molar-refractivity contribution is 0.0959. The minimum atomic E-state index is -0.559. The molecular formula is C17H18N2O3. The molecule has 5 heteroatoms. The van der Waals surface area contributed by atoms with Gasteiger partial charge in [-0.3, -0.25) is 4.79 Å². The van der Waals surface area contributed by atoms with Gasteiger partial charge in [-0.2, -0.15) is 0 Å². The summed E-state index contributed by atoms with van der Waals surface area (Å²) in [4.78, 5) is 26.3. The van der Waals surface area contributed by atoms with E-state index in [-0.39, 0.29) is 5.56 Å². The van der Waals surface area contributed by atoms with Crippen LogP contribution in [0.5, 0.6) is 0 Å². The minimum absolute atomic E-state index is 0.0747. The quantitative estimate of drug-likeness (QED) is 0.816. The Hall–Kier alpha value is -2.30. The van der Waals surface area contributed by atoms with E-state index in [0.717, 1.165) is 49.7 Å². The molecule has 1 aromatic carbocycles. The summed E-state index contributed by atoms with van der Waals surface area (Å²) in [6, 6.07) is 3.76. The van der Waals surface area contributed by atoms with Gasteiger partial charge < -0.3 is 14.6 Å². The number of hydrogen-bond acceptors (Lipinski definition) is 4. The van der Waals surface area contributed by atoms with Crippen LogP contribution in [-0.4, -0.2) is 26.0 Å². The molecular weight excluding hydrogens is 280 g/mol. The highest BCUT2D eigenvalue weighted by molar-refractivity contribution is 5.98. The van der Waals surface area contributed by atoms with Gasteiger partial charge in [-0.1, -0.05) is 0 Å². The Labute approximate surface area is 127 Å². The van der Waals surface area contributed by atoms with Crippen LogP contribution in [0.2, 0.25) is 0 Å². The van der Waals surface area contributed by atoms with Crippen LogP contribution in [0.25, 0.3) is 11.0 Å². The van der Waals surface area contributed by atoms with Gasteiger partial charge in [0.2, 0.25) is 0 Å². The van der Waals surface area contributed by atoms with Crippen molar-refractivity contribution in [2.24, 2.45) is 0 Å². The minimum Gasteiger partial charge on any atom is -0.422 e. The molecule has 3 heterocycles. The fraction of sp³-hybridized carbons (Fsp3) is 0.412. The Morgan fingerprint density at radius 1 is 1.23 bits per heavy atom. The molecule has 22 heavy (non-hydrogen) atoms. The summed E-state index contributed by atoms with van der Waals surface area (Å²) in [6.45, 7) is 2.15. The van der Waals surface area contributed by atoms with Gasteiger partial charge in [-0.15, -0.1) is 0 Å². The predicted octanol–water partition coefficient (Wildman–Crippen LogP) is 1.85. The molecule has 0 saturated carbocycles. The van der Waals surface area contributed by atoms with Gasteiger partial charge in [0.15, 0.2) is 0 Å². The number of hydrogen-bond donors (Lipinski definition) is 1. The summed E-state index contributed by atoms with van der Waals surface area (Å²) in [5.74, 6) is -0.399. The molecule has 1 aromatic heterocycles. The van der Waals surface area contributed by atoms with Gasteiger partial charge in [0.25, 0.3) is 5.91 Å². The molecule has 2 aliphatic rings. The number of benzene rings is 1. The highest BCUT2D eigenvalue weighted by atomic mass is 16.4. The van der Waals surface area contributed by atoms with Gasteiger partial charge in [0.1, 0.15) is 11.1 Å². The number of nitrogens with zero attached hydrogens (tertiary/aromatic N) is 1. The van der Waals surface area contributed by atoms with Gasteiger partial charge in [0, 0.05) is 36.8 Å². The van der Waals surface area contributed by atoms with Crippen LogP contribution in [0.1, 0.15) is 34.3 Å². The second kappa shape index (κ2) is 4.87. The number of amides is 1. The molecule has 0 radical (unpaired) electrons. The van der Waals surface area contributed by atoms with E-state index in [1.807, 2.05) is 0 Å². The summed E-state index contributed by atoms with van der Waals surface area (Å²) in [6.07, 6.45) is 4.20. The van der Waals surface area contributed by atoms with Crippen LogP contribution in [0, 0.1) is 0 Å². The molecule has 2 aliphatic heterocycles. The van der Waals surface area contributed by atoms with Crippen molar-refractivity contribution in [2.45, 2.75) is 25.7 Å². The summed E-state index contributed by atoms with van der Waals surface area (Å²) in [5.41, 5.74) is 3.88. The first-order valence-corrected chi connectivity index (χ1v) is 7.78. The number of rotatable bonds is 1. The van der Waals surface area contributed by atoms with E-state index in [2.05, 4.69) is 16.3 Å². The fourth-order valence-electron chi connectivity index (χ4n) is 3.74. The molecule has 5 nitrogen and oxygen atoms in total. The Bertz CT molecular complexity index is 836. The maximum Gasteiger partial charge on any atom is 0.349 e. The van der Waals surface area contributed by atoms with Crippen molar-refractivity contribution < 1.29 is 9.21 Å². The molecule has 114 valence electrons. The molecule has 4 rings (SSSR count). The van der Waals surface area contributed by atoms with Crippen molar-refractivity contribution in [1.29, 1.82) is 0 Å². The van der Waals surface area contributed by atoms with E-state index in [4.69, 9.17) is 4.42 Å². The lowest BCUT2D eigenvalue weighted by Gasteiger charge is -2.37. The highest BCUT2D eigenvalue weighted by Crippen LogP contribution is 2.39. The molecule has 0 fully saturated rings. The zero-order chi connectivity index (χ0) is 15.3. The van der Waals surface area contributed by atoms with Crippen LogP contribution in [0.15, 0.2) is 21.3 Å². The van der Waals surface area contributed by atoms with Crippen molar-refractivity contribution in [3.05, 3.63) is 39.2 Å². The molecule has 0 spiro atoms. The van der Waals surface area contributed by atoms with E-state index in [1.54, 1.807) is 6.07 Å². The standard InChI is InChI=1S/C17H18N2O3/c1-18-16(20)13-9-11-8-10-4-2-6-19-7-3-5-12(14(10)19)15(11)22-17(13)21/h8-9H,2-7H2,1H3,(H,18,20). The van der Waals surface area contributed by atoms with E-state index in [9.17, 15) is 9.59 Å². The molecule has 1 N–H and O–H groups in total. The average Bonchev–Trinajstić information content (AvgIpc) is 2.55. The van der Waals surface area contributed by atoms with Crippen LogP contribution in [0.4, 0.5) is 5.69 Å². The lowest BCUT2D eigenvalue weighted by Crippen LogP contribution is -2.34. The van der Waals surface area contributed by atoms with Crippen LogP contribution >= 0.6 is 0 Å². The summed E-state index contributed by atoms with van der Waals surface area (Å²) in [5, 5.41) is 3.35. The predicted molar refractivity (Wildman–Crippen MR) is 84.7 cm³/mol. The van der Waals surface area contributed by atoms with E-state index >= 15 is 0 Å². The second-order valence-electron chi connectivity index (χ2n) is 6.00. The van der Waals surface area contributed by atoms with Gasteiger partial charge in [-0.25, -0.2) is 4.79 Å². The Morgan fingerprint density at radius 2 is 2.00 bits per heavy atom. The van der Waals surface area contributed by atoms with Crippen molar-refractivity contribution in [3.63, 3.8) is 0 Å². The third-order valence-electron chi connectivity index (χ3n) is 4.69. The normalized spacial score (nSPS) is 16.5. The van der Waals surface area contributed by atoms with Crippen molar-refractivity contribution in [3.8, 4) is 0 Å². The van der Waals surface area contributed by atoms with Crippen LogP contribution in [-0.2, 0) is 12.8 Å². The Kier molecular flexibility index (Phi) is 2.96. The average molecular weight is 298 g/mol. The van der Waals surface area contributed by atoms with Crippen LogP contribution < -0.4 is 15.8 Å². The first kappa shape index (κ1) is 13.4. The number of carbonyl (C=O) groups is 1. The van der Waals surface area contributed by atoms with Gasteiger partial charge in [0.05, 0.1) is 0 Å². The number of anilines is 1. The summed E-state index contributed by atoms with van der Waals surface area (Å²) in [7, 11) is 1.51. The molecule has 0 aliphatic carbocycles. The van der Waals surface area contributed by atoms with Crippen molar-refractivity contribution >= 4 is 22.6 Å². The summed E-state index contributed by atoms with van der Waals surface area (Å²) < 4.78 is 5.54. The number of fused-ring (bicyclic) bond motifs is 2. The first-order valence-electron chi connectivity index (χ1n) is 7.78. The van der Waals surface area contributed by atoms with Gasteiger partial charge >= 0.3 is 5.63 Å². The van der Waals surface area contributed by atoms with E-state index in [0.29, 0.717) is 5.58 Å². The topological polar surface area (TPSA) is 62.6 Å². The molecule has 2 aromatic rings. The molecule has 0 unspecified atom stereocenters. The fourth-order valence-corrected chi connectivity index (χ4v) is 3.74. The van der Waals surface area contributed by atoms with Crippen LogP contribution in [0.3, 0.4) is 0 Å². The maximum absolute atomic E-state index is 12.1. The SMILES string of the molecule is CNC(=O)c1cc2cc3c4c(c2oc1=O)CCCN4CCC3. The first-order chi connectivity index (χ1) is 10.7. The smallest absolute Gasteiger partial charge is 0.349 e. The zero-order valence-electron chi connectivity index (χ0n) is 12.6. The van der Waals surface area contributed by atoms with Crippen molar-refractivity contribution in [2.75, 3.05) is 25.0 Å². The maximum atomic E-state index is 12.1.